The van der Waals surface area contributed by atoms with E-state index in [4.69, 9.17) is 4.74 Å². The molecule has 0 radical (unpaired) electrons. The third-order valence-corrected chi connectivity index (χ3v) is 4.81. The summed E-state index contributed by atoms with van der Waals surface area (Å²) in [5.41, 5.74) is 6.36. The van der Waals surface area contributed by atoms with Gasteiger partial charge in [-0.05, 0) is 36.6 Å². The van der Waals surface area contributed by atoms with E-state index in [9.17, 15) is 9.59 Å². The minimum atomic E-state index is -0.339. The van der Waals surface area contributed by atoms with Gasteiger partial charge in [0.25, 0.3) is 11.5 Å². The van der Waals surface area contributed by atoms with Gasteiger partial charge in [-0.2, -0.15) is 0 Å². The van der Waals surface area contributed by atoms with Crippen molar-refractivity contribution >= 4 is 33.5 Å². The summed E-state index contributed by atoms with van der Waals surface area (Å²) in [6.45, 7) is 2.27. The van der Waals surface area contributed by atoms with Crippen molar-refractivity contribution in [1.29, 1.82) is 0 Å². The maximum atomic E-state index is 12.9. The molecule has 0 fully saturated rings. The summed E-state index contributed by atoms with van der Waals surface area (Å²) < 4.78 is 6.86. The zero-order chi connectivity index (χ0) is 20.4. The van der Waals surface area contributed by atoms with Crippen molar-refractivity contribution in [2.45, 2.75) is 13.5 Å². The summed E-state index contributed by atoms with van der Waals surface area (Å²) in [7, 11) is 1.60. The van der Waals surface area contributed by atoms with Gasteiger partial charge >= 0.3 is 0 Å². The molecule has 0 aliphatic heterocycles. The Labute approximate surface area is 166 Å². The van der Waals surface area contributed by atoms with Gasteiger partial charge in [0.05, 0.1) is 18.0 Å². The molecule has 1 aromatic heterocycles. The largest absolute Gasteiger partial charge is 0.496 e. The molecule has 29 heavy (non-hydrogen) atoms. The van der Waals surface area contributed by atoms with Gasteiger partial charge in [-0.3, -0.25) is 25.0 Å². The summed E-state index contributed by atoms with van der Waals surface area (Å²) in [4.78, 5) is 30.0. The number of ether oxygens (including phenoxy) is 1. The van der Waals surface area contributed by atoms with Crippen molar-refractivity contribution < 1.29 is 9.53 Å². The lowest BCUT2D eigenvalue weighted by atomic mass is 10.0. The van der Waals surface area contributed by atoms with E-state index >= 15 is 0 Å². The highest BCUT2D eigenvalue weighted by atomic mass is 16.5. The van der Waals surface area contributed by atoms with Crippen molar-refractivity contribution in [2.24, 2.45) is 0 Å². The highest BCUT2D eigenvalue weighted by molar-refractivity contribution is 6.08. The van der Waals surface area contributed by atoms with Crippen LogP contribution in [-0.4, -0.2) is 22.6 Å². The zero-order valence-corrected chi connectivity index (χ0v) is 16.1. The molecule has 3 aromatic carbocycles. The van der Waals surface area contributed by atoms with Crippen LogP contribution in [0.15, 0.2) is 65.5 Å². The molecule has 1 amide bonds. The predicted octanol–water partition coefficient (Wildman–Crippen LogP) is 3.34. The van der Waals surface area contributed by atoms with Gasteiger partial charge in [-0.15, -0.1) is 0 Å². The quantitative estimate of drug-likeness (QED) is 0.512. The third-order valence-electron chi connectivity index (χ3n) is 4.81. The minimum Gasteiger partial charge on any atom is -0.496 e. The molecule has 0 unspecified atom stereocenters. The van der Waals surface area contributed by atoms with Crippen LogP contribution in [0.1, 0.15) is 17.3 Å². The fourth-order valence-corrected chi connectivity index (χ4v) is 3.38. The first-order valence-electron chi connectivity index (χ1n) is 9.25. The van der Waals surface area contributed by atoms with Gasteiger partial charge in [0, 0.05) is 17.5 Å². The normalized spacial score (nSPS) is 10.8. The van der Waals surface area contributed by atoms with Crippen molar-refractivity contribution in [3.05, 3.63) is 76.6 Å². The zero-order valence-electron chi connectivity index (χ0n) is 16.1. The second-order valence-corrected chi connectivity index (χ2v) is 6.44. The Balaban J connectivity index is 1.68. The number of nitrogens with one attached hydrogen (secondary N) is 2. The van der Waals surface area contributed by atoms with E-state index in [1.165, 1.54) is 4.57 Å². The number of methoxy groups -OCH3 is 1. The molecule has 0 spiro atoms. The van der Waals surface area contributed by atoms with Crippen LogP contribution in [0.4, 0.5) is 5.95 Å². The second kappa shape index (κ2) is 7.63. The number of anilines is 1. The Morgan fingerprint density at radius 2 is 1.69 bits per heavy atom. The van der Waals surface area contributed by atoms with Crippen molar-refractivity contribution in [1.82, 2.24) is 15.0 Å². The highest BCUT2D eigenvalue weighted by Crippen LogP contribution is 2.28. The summed E-state index contributed by atoms with van der Waals surface area (Å²) in [5, 5.41) is 2.15. The molecule has 0 bridgehead atoms. The van der Waals surface area contributed by atoms with Crippen LogP contribution in [-0.2, 0) is 6.54 Å². The third kappa shape index (κ3) is 3.27. The number of carbonyl (C=O) groups is 1. The Hall–Kier alpha value is -3.87. The van der Waals surface area contributed by atoms with Gasteiger partial charge < -0.3 is 4.74 Å². The molecule has 4 aromatic rings. The van der Waals surface area contributed by atoms with E-state index in [2.05, 4.69) is 15.8 Å². The Morgan fingerprint density at radius 3 is 2.41 bits per heavy atom. The predicted molar refractivity (Wildman–Crippen MR) is 113 cm³/mol. The van der Waals surface area contributed by atoms with Gasteiger partial charge in [-0.25, -0.2) is 4.98 Å². The summed E-state index contributed by atoms with van der Waals surface area (Å²) in [6.07, 6.45) is 0. The number of para-hydroxylation sites is 1. The van der Waals surface area contributed by atoms with Gasteiger partial charge in [-0.1, -0.05) is 36.4 Å². The fourth-order valence-electron chi connectivity index (χ4n) is 3.38. The van der Waals surface area contributed by atoms with Crippen molar-refractivity contribution in [2.75, 3.05) is 12.5 Å². The molecule has 146 valence electrons. The monoisotopic (exact) mass is 388 g/mol. The number of carbonyl (C=O) groups excluding carboxylic acids is 1. The van der Waals surface area contributed by atoms with Crippen molar-refractivity contribution in [3.63, 3.8) is 0 Å². The first kappa shape index (κ1) is 18.5. The molecule has 1 heterocycles. The maximum Gasteiger partial charge on any atom is 0.270 e. The van der Waals surface area contributed by atoms with Crippen LogP contribution in [0.3, 0.4) is 0 Å². The van der Waals surface area contributed by atoms with Crippen molar-refractivity contribution in [3.8, 4) is 5.75 Å². The number of amides is 1. The molecule has 0 saturated heterocycles. The van der Waals surface area contributed by atoms with E-state index in [-0.39, 0.29) is 17.4 Å². The fraction of sp³-hybridized carbons (Fsp3) is 0.136. The van der Waals surface area contributed by atoms with Crippen LogP contribution >= 0.6 is 0 Å². The van der Waals surface area contributed by atoms with E-state index in [1.807, 2.05) is 37.3 Å². The number of aromatic nitrogens is 2. The molecule has 2 N–H and O–H groups in total. The molecule has 7 nitrogen and oxygen atoms in total. The lowest BCUT2D eigenvalue weighted by Gasteiger charge is -2.15. The van der Waals surface area contributed by atoms with E-state index < -0.39 is 0 Å². The van der Waals surface area contributed by atoms with E-state index in [1.54, 1.807) is 37.4 Å². The number of rotatable bonds is 5. The van der Waals surface area contributed by atoms with Gasteiger partial charge in [0.2, 0.25) is 5.95 Å². The second-order valence-electron chi connectivity index (χ2n) is 6.44. The standard InChI is InChI=1S/C22H20N4O3/c1-3-26-21(28)17-10-6-7-11-18(17)23-22(26)25-24-20(27)16-12-13-19(29-2)15-9-5-4-8-14(15)16/h4-13H,3H2,1-2H3,(H,23,25)(H,24,27). The minimum absolute atomic E-state index is 0.162. The molecule has 7 heteroatoms. The van der Waals surface area contributed by atoms with E-state index in [0.717, 1.165) is 10.8 Å². The van der Waals surface area contributed by atoms with Crippen LogP contribution in [0, 0.1) is 0 Å². The lowest BCUT2D eigenvalue weighted by Crippen LogP contribution is -2.34. The molecule has 4 rings (SSSR count). The molecule has 0 saturated carbocycles. The maximum absolute atomic E-state index is 12.9. The first-order chi connectivity index (χ1) is 14.1. The number of hydrogen-bond acceptors (Lipinski definition) is 5. The van der Waals surface area contributed by atoms with Gasteiger partial charge in [0.15, 0.2) is 0 Å². The van der Waals surface area contributed by atoms with Crippen LogP contribution in [0.2, 0.25) is 0 Å². The Bertz CT molecular complexity index is 1280. The SMILES string of the molecule is CCn1c(NNC(=O)c2ccc(OC)c3ccccc23)nc2ccccc2c1=O. The molecular formula is C22H20N4O3. The Kier molecular flexibility index (Phi) is 4.87. The smallest absolute Gasteiger partial charge is 0.270 e. The molecule has 0 aliphatic rings. The van der Waals surface area contributed by atoms with Crippen LogP contribution < -0.4 is 21.1 Å². The number of benzene rings is 3. The van der Waals surface area contributed by atoms with Crippen LogP contribution in [0.25, 0.3) is 21.7 Å². The topological polar surface area (TPSA) is 85.2 Å². The lowest BCUT2D eigenvalue weighted by molar-refractivity contribution is 0.0963. The average molecular weight is 388 g/mol. The van der Waals surface area contributed by atoms with E-state index in [0.29, 0.717) is 28.8 Å². The number of hydrogen-bond donors (Lipinski definition) is 2. The van der Waals surface area contributed by atoms with Gasteiger partial charge in [0.1, 0.15) is 5.75 Å². The summed E-state index contributed by atoms with van der Waals surface area (Å²) >= 11 is 0. The number of fused-ring (bicyclic) bond motifs is 2. The summed E-state index contributed by atoms with van der Waals surface area (Å²) in [6, 6.07) is 18.1. The first-order valence-corrected chi connectivity index (χ1v) is 9.25. The molecule has 0 atom stereocenters. The summed E-state index contributed by atoms with van der Waals surface area (Å²) in [5.74, 6) is 0.636. The number of hydrazine groups is 1. The molecular weight excluding hydrogens is 368 g/mol. The Morgan fingerprint density at radius 1 is 1.00 bits per heavy atom. The number of nitrogens with zero attached hydrogens (tertiary/aromatic N) is 2. The van der Waals surface area contributed by atoms with Crippen LogP contribution in [0.5, 0.6) is 5.75 Å². The highest BCUT2D eigenvalue weighted by Gasteiger charge is 2.14. The average Bonchev–Trinajstić information content (AvgIpc) is 2.76. The molecule has 0 aliphatic carbocycles.